The van der Waals surface area contributed by atoms with E-state index in [0.29, 0.717) is 17.0 Å². The molecule has 1 N–H and O–H groups in total. The average Bonchev–Trinajstić information content (AvgIpc) is 2.71. The molecule has 0 aromatic heterocycles. The van der Waals surface area contributed by atoms with Crippen LogP contribution >= 0.6 is 11.8 Å². The molecule has 0 aromatic rings. The zero-order valence-electron chi connectivity index (χ0n) is 11.2. The van der Waals surface area contributed by atoms with Gasteiger partial charge in [-0.25, -0.2) is 0 Å². The third-order valence-electron chi connectivity index (χ3n) is 3.86. The summed E-state index contributed by atoms with van der Waals surface area (Å²) in [6.45, 7) is 8.87. The van der Waals surface area contributed by atoms with Gasteiger partial charge in [-0.3, -0.25) is 0 Å². The molecule has 0 amide bonds. The smallest absolute Gasteiger partial charge is 0.0704 e. The Bertz CT molecular complexity index is 186. The molecule has 1 saturated heterocycles. The van der Waals surface area contributed by atoms with E-state index in [4.69, 9.17) is 4.74 Å². The molecule has 96 valence electrons. The molecule has 1 aliphatic rings. The maximum Gasteiger partial charge on any atom is 0.0704 e. The largest absolute Gasteiger partial charge is 0.374 e. The first-order valence-corrected chi connectivity index (χ1v) is 7.79. The van der Waals surface area contributed by atoms with Crippen LogP contribution in [0.3, 0.4) is 0 Å². The summed E-state index contributed by atoms with van der Waals surface area (Å²) in [4.78, 5) is 0. The molecule has 0 aliphatic carbocycles. The Morgan fingerprint density at radius 1 is 1.31 bits per heavy atom. The van der Waals surface area contributed by atoms with Gasteiger partial charge in [-0.15, -0.1) is 0 Å². The van der Waals surface area contributed by atoms with Gasteiger partial charge in [-0.2, -0.15) is 11.8 Å². The molecule has 2 unspecified atom stereocenters. The van der Waals surface area contributed by atoms with Crippen molar-refractivity contribution in [3.05, 3.63) is 0 Å². The van der Waals surface area contributed by atoms with Crippen molar-refractivity contribution in [2.24, 2.45) is 0 Å². The van der Waals surface area contributed by atoms with Gasteiger partial charge in [-0.05, 0) is 38.9 Å². The Balaban J connectivity index is 2.23. The van der Waals surface area contributed by atoms with E-state index in [1.54, 1.807) is 0 Å². The summed E-state index contributed by atoms with van der Waals surface area (Å²) in [5.41, 5.74) is 0. The van der Waals surface area contributed by atoms with Gasteiger partial charge >= 0.3 is 0 Å². The SMILES string of the molecule is CCC(CC)(CNCC1CCC(C)O1)SC. The lowest BCUT2D eigenvalue weighted by molar-refractivity contribution is 0.0557. The molecule has 1 fully saturated rings. The normalized spacial score (nSPS) is 26.2. The van der Waals surface area contributed by atoms with Gasteiger partial charge in [0.2, 0.25) is 0 Å². The van der Waals surface area contributed by atoms with Crippen molar-refractivity contribution in [2.45, 2.75) is 63.4 Å². The van der Waals surface area contributed by atoms with E-state index < -0.39 is 0 Å². The van der Waals surface area contributed by atoms with Crippen molar-refractivity contribution in [1.29, 1.82) is 0 Å². The first kappa shape index (κ1) is 14.3. The molecular weight excluding hydrogens is 218 g/mol. The zero-order valence-corrected chi connectivity index (χ0v) is 12.0. The minimum atomic E-state index is 0.421. The topological polar surface area (TPSA) is 21.3 Å². The van der Waals surface area contributed by atoms with E-state index in [1.165, 1.54) is 25.7 Å². The lowest BCUT2D eigenvalue weighted by atomic mass is 10.0. The molecule has 0 aromatic carbocycles. The van der Waals surface area contributed by atoms with Gasteiger partial charge in [0.1, 0.15) is 0 Å². The molecule has 1 rings (SSSR count). The van der Waals surface area contributed by atoms with Crippen molar-refractivity contribution in [1.82, 2.24) is 5.32 Å². The first-order valence-electron chi connectivity index (χ1n) is 6.57. The van der Waals surface area contributed by atoms with E-state index in [2.05, 4.69) is 32.3 Å². The van der Waals surface area contributed by atoms with Crippen LogP contribution in [0.1, 0.15) is 46.5 Å². The summed E-state index contributed by atoms with van der Waals surface area (Å²) in [6, 6.07) is 0. The summed E-state index contributed by atoms with van der Waals surface area (Å²) >= 11 is 2.00. The molecule has 3 heteroatoms. The summed E-state index contributed by atoms with van der Waals surface area (Å²) in [5, 5.41) is 3.60. The third-order valence-corrected chi connectivity index (χ3v) is 5.45. The van der Waals surface area contributed by atoms with E-state index in [9.17, 15) is 0 Å². The van der Waals surface area contributed by atoms with E-state index in [-0.39, 0.29) is 0 Å². The Morgan fingerprint density at radius 2 is 2.00 bits per heavy atom. The molecule has 2 nitrogen and oxygen atoms in total. The quantitative estimate of drug-likeness (QED) is 0.745. The second kappa shape index (κ2) is 6.87. The summed E-state index contributed by atoms with van der Waals surface area (Å²) in [5.74, 6) is 0. The maximum absolute atomic E-state index is 5.81. The molecular formula is C13H27NOS. The molecule has 2 atom stereocenters. The van der Waals surface area contributed by atoms with Crippen molar-refractivity contribution < 1.29 is 4.74 Å². The van der Waals surface area contributed by atoms with Crippen LogP contribution in [0.15, 0.2) is 0 Å². The van der Waals surface area contributed by atoms with Crippen LogP contribution in [-0.4, -0.2) is 36.3 Å². The fourth-order valence-corrected chi connectivity index (χ4v) is 3.18. The van der Waals surface area contributed by atoms with E-state index in [1.807, 2.05) is 11.8 Å². The van der Waals surface area contributed by atoms with Gasteiger partial charge in [0.15, 0.2) is 0 Å². The minimum Gasteiger partial charge on any atom is -0.374 e. The lowest BCUT2D eigenvalue weighted by Crippen LogP contribution is -2.39. The van der Waals surface area contributed by atoms with E-state index >= 15 is 0 Å². The Morgan fingerprint density at radius 3 is 2.44 bits per heavy atom. The predicted octanol–water partition coefficient (Wildman–Crippen LogP) is 3.07. The summed E-state index contributed by atoms with van der Waals surface area (Å²) < 4.78 is 6.23. The van der Waals surface area contributed by atoms with Gasteiger partial charge in [0.25, 0.3) is 0 Å². The highest BCUT2D eigenvalue weighted by molar-refractivity contribution is 8.00. The summed E-state index contributed by atoms with van der Waals surface area (Å²) in [7, 11) is 0. The highest BCUT2D eigenvalue weighted by atomic mass is 32.2. The molecule has 1 aliphatic heterocycles. The third kappa shape index (κ3) is 3.94. The number of hydrogen-bond acceptors (Lipinski definition) is 3. The molecule has 0 saturated carbocycles. The first-order chi connectivity index (χ1) is 7.65. The molecule has 0 bridgehead atoms. The zero-order chi connectivity index (χ0) is 12.0. The minimum absolute atomic E-state index is 0.421. The van der Waals surface area contributed by atoms with Crippen LogP contribution in [0.25, 0.3) is 0 Å². The molecule has 1 heterocycles. The standard InChI is InChI=1S/C13H27NOS/c1-5-13(6-2,16-4)10-14-9-12-8-7-11(3)15-12/h11-12,14H,5-10H2,1-4H3. The van der Waals surface area contributed by atoms with Crippen LogP contribution in [0.5, 0.6) is 0 Å². The Kier molecular flexibility index (Phi) is 6.16. The van der Waals surface area contributed by atoms with Gasteiger partial charge in [-0.1, -0.05) is 13.8 Å². The fourth-order valence-electron chi connectivity index (χ4n) is 2.36. The van der Waals surface area contributed by atoms with Gasteiger partial charge < -0.3 is 10.1 Å². The lowest BCUT2D eigenvalue weighted by Gasteiger charge is -2.30. The monoisotopic (exact) mass is 245 g/mol. The van der Waals surface area contributed by atoms with Crippen molar-refractivity contribution in [2.75, 3.05) is 19.3 Å². The number of rotatable bonds is 7. The van der Waals surface area contributed by atoms with Crippen molar-refractivity contribution in [3.63, 3.8) is 0 Å². The molecule has 0 spiro atoms. The van der Waals surface area contributed by atoms with Crippen LogP contribution < -0.4 is 5.32 Å². The van der Waals surface area contributed by atoms with Gasteiger partial charge in [0.05, 0.1) is 12.2 Å². The van der Waals surface area contributed by atoms with Crippen molar-refractivity contribution in [3.8, 4) is 0 Å². The molecule has 0 radical (unpaired) electrons. The Labute approximate surface area is 105 Å². The van der Waals surface area contributed by atoms with Crippen LogP contribution in [-0.2, 0) is 4.74 Å². The fraction of sp³-hybridized carbons (Fsp3) is 1.00. The van der Waals surface area contributed by atoms with E-state index in [0.717, 1.165) is 13.1 Å². The van der Waals surface area contributed by atoms with Crippen LogP contribution in [0.4, 0.5) is 0 Å². The average molecular weight is 245 g/mol. The maximum atomic E-state index is 5.81. The van der Waals surface area contributed by atoms with Crippen molar-refractivity contribution >= 4 is 11.8 Å². The highest BCUT2D eigenvalue weighted by Gasteiger charge is 2.26. The van der Waals surface area contributed by atoms with Crippen LogP contribution in [0, 0.1) is 0 Å². The van der Waals surface area contributed by atoms with Crippen LogP contribution in [0.2, 0.25) is 0 Å². The number of hydrogen-bond donors (Lipinski definition) is 1. The highest BCUT2D eigenvalue weighted by Crippen LogP contribution is 2.29. The number of ether oxygens (including phenoxy) is 1. The molecule has 16 heavy (non-hydrogen) atoms. The predicted molar refractivity (Wildman–Crippen MR) is 73.3 cm³/mol. The van der Waals surface area contributed by atoms with Gasteiger partial charge in [0, 0.05) is 17.8 Å². The Hall–Kier alpha value is 0.270. The number of nitrogens with one attached hydrogen (secondary N) is 1. The second-order valence-corrected chi connectivity index (χ2v) is 6.15. The number of thioether (sulfide) groups is 1. The summed E-state index contributed by atoms with van der Waals surface area (Å²) in [6.07, 6.45) is 8.06. The second-order valence-electron chi connectivity index (χ2n) is 4.87.